The normalized spacial score (nSPS) is 10.5. The molecule has 1 aromatic heterocycles. The number of carbonyl (C=O) groups is 1. The standard InChI is InChI=1S/C19H15ClF2N4O/c20-14-2-1-3-15(22)18(14)19(27)24-17-9-8-16(25-26-17)23-11-10-12-4-6-13(21)7-5-12/h1-9H,10-11H2,(H,23,25)(H,24,26,27). The van der Waals surface area contributed by atoms with Gasteiger partial charge >= 0.3 is 0 Å². The topological polar surface area (TPSA) is 66.9 Å². The van der Waals surface area contributed by atoms with Gasteiger partial charge in [-0.15, -0.1) is 10.2 Å². The van der Waals surface area contributed by atoms with Crippen molar-refractivity contribution in [2.45, 2.75) is 6.42 Å². The Balaban J connectivity index is 1.55. The first-order chi connectivity index (χ1) is 13.0. The fraction of sp³-hybridized carbons (Fsp3) is 0.105. The van der Waals surface area contributed by atoms with Gasteiger partial charge in [0, 0.05) is 6.54 Å². The lowest BCUT2D eigenvalue weighted by Gasteiger charge is -2.08. The van der Waals surface area contributed by atoms with Crippen LogP contribution in [-0.4, -0.2) is 22.6 Å². The van der Waals surface area contributed by atoms with Crippen molar-refractivity contribution in [2.24, 2.45) is 0 Å². The zero-order chi connectivity index (χ0) is 19.2. The number of rotatable bonds is 6. The average molecular weight is 389 g/mol. The van der Waals surface area contributed by atoms with Crippen LogP contribution in [0.3, 0.4) is 0 Å². The molecule has 0 unspecified atom stereocenters. The van der Waals surface area contributed by atoms with Crippen LogP contribution in [0.1, 0.15) is 15.9 Å². The highest BCUT2D eigenvalue weighted by atomic mass is 35.5. The predicted octanol–water partition coefficient (Wildman–Crippen LogP) is 4.32. The average Bonchev–Trinajstić information content (AvgIpc) is 2.65. The van der Waals surface area contributed by atoms with Crippen molar-refractivity contribution >= 4 is 29.1 Å². The Bertz CT molecular complexity index is 913. The van der Waals surface area contributed by atoms with Crippen LogP contribution in [0.2, 0.25) is 5.02 Å². The summed E-state index contributed by atoms with van der Waals surface area (Å²) in [7, 11) is 0. The Morgan fingerprint density at radius 3 is 2.33 bits per heavy atom. The lowest BCUT2D eigenvalue weighted by molar-refractivity contribution is 0.102. The zero-order valence-electron chi connectivity index (χ0n) is 14.0. The molecule has 138 valence electrons. The van der Waals surface area contributed by atoms with Gasteiger partial charge < -0.3 is 10.6 Å². The van der Waals surface area contributed by atoms with Gasteiger partial charge in [-0.05, 0) is 48.4 Å². The molecular weight excluding hydrogens is 374 g/mol. The number of hydrogen-bond donors (Lipinski definition) is 2. The lowest BCUT2D eigenvalue weighted by atomic mass is 10.1. The molecule has 5 nitrogen and oxygen atoms in total. The third kappa shape index (κ3) is 4.98. The van der Waals surface area contributed by atoms with Crippen molar-refractivity contribution in [2.75, 3.05) is 17.2 Å². The van der Waals surface area contributed by atoms with Crippen molar-refractivity contribution < 1.29 is 13.6 Å². The van der Waals surface area contributed by atoms with Crippen molar-refractivity contribution in [3.8, 4) is 0 Å². The third-order valence-corrected chi connectivity index (χ3v) is 4.04. The summed E-state index contributed by atoms with van der Waals surface area (Å²) in [6.07, 6.45) is 0.687. The molecule has 0 atom stereocenters. The van der Waals surface area contributed by atoms with Crippen molar-refractivity contribution in [3.63, 3.8) is 0 Å². The Morgan fingerprint density at radius 1 is 0.963 bits per heavy atom. The van der Waals surface area contributed by atoms with Crippen LogP contribution < -0.4 is 10.6 Å². The fourth-order valence-corrected chi connectivity index (χ4v) is 2.62. The Labute approximate surface area is 159 Å². The van der Waals surface area contributed by atoms with Gasteiger partial charge in [0.2, 0.25) is 0 Å². The summed E-state index contributed by atoms with van der Waals surface area (Å²) < 4.78 is 26.6. The van der Waals surface area contributed by atoms with Crippen LogP contribution in [0.25, 0.3) is 0 Å². The molecule has 0 aliphatic heterocycles. The summed E-state index contributed by atoms with van der Waals surface area (Å²) in [6, 6.07) is 13.4. The van der Waals surface area contributed by atoms with Crippen LogP contribution in [0.5, 0.6) is 0 Å². The van der Waals surface area contributed by atoms with E-state index in [1.54, 1.807) is 24.3 Å². The van der Waals surface area contributed by atoms with Crippen LogP contribution >= 0.6 is 11.6 Å². The molecule has 0 spiro atoms. The van der Waals surface area contributed by atoms with E-state index in [-0.39, 0.29) is 22.2 Å². The summed E-state index contributed by atoms with van der Waals surface area (Å²) >= 11 is 5.86. The molecule has 3 rings (SSSR count). The summed E-state index contributed by atoms with van der Waals surface area (Å²) in [5, 5.41) is 13.4. The second-order valence-electron chi connectivity index (χ2n) is 5.66. The fourth-order valence-electron chi connectivity index (χ4n) is 2.37. The maximum Gasteiger partial charge on any atom is 0.261 e. The number of anilines is 2. The van der Waals surface area contributed by atoms with Crippen molar-refractivity contribution in [1.82, 2.24) is 10.2 Å². The molecule has 27 heavy (non-hydrogen) atoms. The number of halogens is 3. The number of nitrogens with zero attached hydrogens (tertiary/aromatic N) is 2. The predicted molar refractivity (Wildman–Crippen MR) is 100.0 cm³/mol. The smallest absolute Gasteiger partial charge is 0.261 e. The van der Waals surface area contributed by atoms with Crippen molar-refractivity contribution in [3.05, 3.63) is 82.4 Å². The van der Waals surface area contributed by atoms with E-state index in [4.69, 9.17) is 11.6 Å². The Kier molecular flexibility index (Phi) is 5.93. The van der Waals surface area contributed by atoms with E-state index in [1.807, 2.05) is 0 Å². The van der Waals surface area contributed by atoms with Gasteiger partial charge in [0.1, 0.15) is 17.5 Å². The first-order valence-electron chi connectivity index (χ1n) is 8.10. The number of aromatic nitrogens is 2. The molecule has 3 aromatic rings. The molecule has 8 heteroatoms. The summed E-state index contributed by atoms with van der Waals surface area (Å²) in [4.78, 5) is 12.1. The van der Waals surface area contributed by atoms with Crippen LogP contribution in [0.4, 0.5) is 20.4 Å². The van der Waals surface area contributed by atoms with E-state index in [0.717, 1.165) is 11.6 Å². The third-order valence-electron chi connectivity index (χ3n) is 3.73. The molecule has 0 bridgehead atoms. The highest BCUT2D eigenvalue weighted by molar-refractivity contribution is 6.34. The highest BCUT2D eigenvalue weighted by Crippen LogP contribution is 2.20. The molecule has 0 saturated carbocycles. The molecular formula is C19H15ClF2N4O. The SMILES string of the molecule is O=C(Nc1ccc(NCCc2ccc(F)cc2)nn1)c1c(F)cccc1Cl. The molecule has 1 heterocycles. The van der Waals surface area contributed by atoms with Crippen LogP contribution in [0, 0.1) is 11.6 Å². The molecule has 2 aromatic carbocycles. The minimum Gasteiger partial charge on any atom is -0.368 e. The van der Waals surface area contributed by atoms with Gasteiger partial charge in [-0.3, -0.25) is 4.79 Å². The van der Waals surface area contributed by atoms with Crippen LogP contribution in [-0.2, 0) is 6.42 Å². The largest absolute Gasteiger partial charge is 0.368 e. The lowest BCUT2D eigenvalue weighted by Crippen LogP contribution is -2.16. The maximum absolute atomic E-state index is 13.8. The second-order valence-corrected chi connectivity index (χ2v) is 6.07. The Morgan fingerprint density at radius 2 is 1.67 bits per heavy atom. The number of hydrogen-bond acceptors (Lipinski definition) is 4. The highest BCUT2D eigenvalue weighted by Gasteiger charge is 2.16. The molecule has 0 fully saturated rings. The number of nitrogens with one attached hydrogen (secondary N) is 2. The summed E-state index contributed by atoms with van der Waals surface area (Å²) in [6.45, 7) is 0.580. The first kappa shape index (κ1) is 18.7. The number of amides is 1. The molecule has 0 radical (unpaired) electrons. The van der Waals surface area contributed by atoms with Gasteiger partial charge in [0.15, 0.2) is 5.82 Å². The van der Waals surface area contributed by atoms with Crippen molar-refractivity contribution in [1.29, 1.82) is 0 Å². The monoisotopic (exact) mass is 388 g/mol. The summed E-state index contributed by atoms with van der Waals surface area (Å²) in [5.74, 6) is -1.01. The maximum atomic E-state index is 13.8. The minimum absolute atomic E-state index is 0.0135. The Hall–Kier alpha value is -3.06. The van der Waals surface area contributed by atoms with Crippen LogP contribution in [0.15, 0.2) is 54.6 Å². The molecule has 1 amide bonds. The molecule has 0 saturated heterocycles. The minimum atomic E-state index is -0.716. The molecule has 2 N–H and O–H groups in total. The van der Waals surface area contributed by atoms with Gasteiger partial charge in [0.05, 0.1) is 10.6 Å². The van der Waals surface area contributed by atoms with E-state index in [2.05, 4.69) is 20.8 Å². The molecule has 0 aliphatic carbocycles. The van der Waals surface area contributed by atoms with Gasteiger partial charge in [0.25, 0.3) is 5.91 Å². The van der Waals surface area contributed by atoms with E-state index >= 15 is 0 Å². The van der Waals surface area contributed by atoms with Gasteiger partial charge in [-0.25, -0.2) is 8.78 Å². The quantitative estimate of drug-likeness (QED) is 0.660. The zero-order valence-corrected chi connectivity index (χ0v) is 14.8. The molecule has 0 aliphatic rings. The van der Waals surface area contributed by atoms with Gasteiger partial charge in [-0.1, -0.05) is 29.8 Å². The van der Waals surface area contributed by atoms with E-state index in [0.29, 0.717) is 18.8 Å². The number of benzene rings is 2. The van der Waals surface area contributed by atoms with E-state index in [1.165, 1.54) is 24.3 Å². The number of carbonyl (C=O) groups excluding carboxylic acids is 1. The summed E-state index contributed by atoms with van der Waals surface area (Å²) in [5.41, 5.74) is 0.741. The second kappa shape index (κ2) is 8.55. The first-order valence-corrected chi connectivity index (χ1v) is 8.48. The van der Waals surface area contributed by atoms with Gasteiger partial charge in [-0.2, -0.15) is 0 Å². The van der Waals surface area contributed by atoms with E-state index in [9.17, 15) is 13.6 Å². The van der Waals surface area contributed by atoms with E-state index < -0.39 is 11.7 Å².